The van der Waals surface area contributed by atoms with Crippen molar-refractivity contribution in [2.24, 2.45) is 5.92 Å². The first kappa shape index (κ1) is 5.89. The number of Topliss-reactive ketones (excluding diaryl/α,β-unsaturated/α-hetero) is 1. The second kappa shape index (κ2) is 1.81. The molecule has 1 amide bonds. The summed E-state index contributed by atoms with van der Waals surface area (Å²) >= 11 is 0. The summed E-state index contributed by atoms with van der Waals surface area (Å²) in [5.74, 6) is 0.431. The van der Waals surface area contributed by atoms with E-state index in [9.17, 15) is 9.59 Å². The Morgan fingerprint density at radius 3 is 2.90 bits per heavy atom. The molecule has 0 aromatic heterocycles. The van der Waals surface area contributed by atoms with Gasteiger partial charge in [-0.15, -0.1) is 0 Å². The van der Waals surface area contributed by atoms with Gasteiger partial charge in [-0.2, -0.15) is 0 Å². The number of fused-ring (bicyclic) bond motifs is 2. The van der Waals surface area contributed by atoms with Crippen LogP contribution in [0.5, 0.6) is 0 Å². The summed E-state index contributed by atoms with van der Waals surface area (Å²) < 4.78 is 0. The summed E-state index contributed by atoms with van der Waals surface area (Å²) in [6, 6.07) is -0.133. The highest BCUT2D eigenvalue weighted by Crippen LogP contribution is 2.27. The molecule has 2 rings (SSSR count). The summed E-state index contributed by atoms with van der Waals surface area (Å²) in [4.78, 5) is 21.9. The zero-order valence-electron chi connectivity index (χ0n) is 5.59. The smallest absolute Gasteiger partial charge is 0.223 e. The Morgan fingerprint density at radius 1 is 1.40 bits per heavy atom. The number of hydrogen-bond acceptors (Lipinski definition) is 2. The lowest BCUT2D eigenvalue weighted by molar-refractivity contribution is -0.123. The number of amides is 1. The van der Waals surface area contributed by atoms with Gasteiger partial charge in [-0.05, 0) is 12.8 Å². The van der Waals surface area contributed by atoms with Crippen LogP contribution >= 0.6 is 0 Å². The van der Waals surface area contributed by atoms with Gasteiger partial charge < -0.3 is 5.32 Å². The van der Waals surface area contributed by atoms with E-state index >= 15 is 0 Å². The number of hydrogen-bond donors (Lipinski definition) is 1. The molecule has 54 valence electrons. The fourth-order valence-corrected chi connectivity index (χ4v) is 1.69. The lowest BCUT2D eigenvalue weighted by atomic mass is 9.89. The Labute approximate surface area is 58.8 Å². The molecule has 2 bridgehead atoms. The monoisotopic (exact) mass is 139 g/mol. The van der Waals surface area contributed by atoms with E-state index in [-0.39, 0.29) is 23.7 Å². The summed E-state index contributed by atoms with van der Waals surface area (Å²) in [5.41, 5.74) is 0. The molecule has 3 heteroatoms. The minimum Gasteiger partial charge on any atom is -0.346 e. The third-order valence-electron chi connectivity index (χ3n) is 2.34. The summed E-state index contributed by atoms with van der Waals surface area (Å²) in [6.45, 7) is 0. The van der Waals surface area contributed by atoms with Crippen molar-refractivity contribution in [3.05, 3.63) is 0 Å². The average molecular weight is 139 g/mol. The van der Waals surface area contributed by atoms with Gasteiger partial charge in [0.15, 0.2) is 5.78 Å². The number of carbonyl (C=O) groups is 2. The van der Waals surface area contributed by atoms with Gasteiger partial charge in [0.25, 0.3) is 0 Å². The van der Waals surface area contributed by atoms with Crippen LogP contribution in [0.4, 0.5) is 0 Å². The summed E-state index contributed by atoms with van der Waals surface area (Å²) in [5, 5.41) is 2.68. The molecule has 0 aromatic carbocycles. The summed E-state index contributed by atoms with van der Waals surface area (Å²) in [6.07, 6.45) is 2.10. The molecule has 0 spiro atoms. The lowest BCUT2D eigenvalue weighted by Gasteiger charge is -2.13. The third kappa shape index (κ3) is 0.664. The molecule has 2 atom stereocenters. The molecule has 10 heavy (non-hydrogen) atoms. The van der Waals surface area contributed by atoms with Gasteiger partial charge >= 0.3 is 0 Å². The molecule has 2 aliphatic rings. The van der Waals surface area contributed by atoms with Gasteiger partial charge in [-0.25, -0.2) is 0 Å². The highest BCUT2D eigenvalue weighted by molar-refractivity contribution is 5.95. The molecule has 2 fully saturated rings. The second-order valence-electron chi connectivity index (χ2n) is 3.00. The van der Waals surface area contributed by atoms with E-state index in [2.05, 4.69) is 5.32 Å². The quantitative estimate of drug-likeness (QED) is 0.507. The maximum Gasteiger partial charge on any atom is 0.223 e. The first-order valence-corrected chi connectivity index (χ1v) is 3.60. The van der Waals surface area contributed by atoms with Crippen LogP contribution < -0.4 is 5.32 Å². The standard InChI is InChI=1S/C7H9NO2/c9-6-2-1-4-3-5(6)8-7(4)10/h4-5H,1-3H2,(H,8,10)/t4-,5-/m1/s1. The van der Waals surface area contributed by atoms with Crippen molar-refractivity contribution in [3.63, 3.8) is 0 Å². The fourth-order valence-electron chi connectivity index (χ4n) is 1.69. The zero-order chi connectivity index (χ0) is 7.14. The van der Waals surface area contributed by atoms with Gasteiger partial charge in [0, 0.05) is 12.3 Å². The van der Waals surface area contributed by atoms with Gasteiger partial charge in [0.05, 0.1) is 6.04 Å². The molecule has 0 aromatic rings. The van der Waals surface area contributed by atoms with Crippen molar-refractivity contribution in [1.82, 2.24) is 5.32 Å². The first-order chi connectivity index (χ1) is 4.77. The van der Waals surface area contributed by atoms with Crippen molar-refractivity contribution in [3.8, 4) is 0 Å². The van der Waals surface area contributed by atoms with Gasteiger partial charge in [0.1, 0.15) is 0 Å². The highest BCUT2D eigenvalue weighted by Gasteiger charge is 2.39. The Balaban J connectivity index is 2.22. The predicted octanol–water partition coefficient (Wildman–Crippen LogP) is -0.146. The third-order valence-corrected chi connectivity index (χ3v) is 2.34. The SMILES string of the molecule is O=C1N[C@@H]2C[C@H]1CCC2=O. The van der Waals surface area contributed by atoms with Crippen molar-refractivity contribution >= 4 is 11.7 Å². The molecule has 0 unspecified atom stereocenters. The molecule has 1 saturated heterocycles. The number of carbonyl (C=O) groups excluding carboxylic acids is 2. The van der Waals surface area contributed by atoms with Crippen LogP contribution in [0.3, 0.4) is 0 Å². The number of rotatable bonds is 0. The Morgan fingerprint density at radius 2 is 2.20 bits per heavy atom. The zero-order valence-corrected chi connectivity index (χ0v) is 5.59. The maximum atomic E-state index is 11.0. The topological polar surface area (TPSA) is 46.2 Å². The molecule has 3 nitrogen and oxygen atoms in total. The molecular weight excluding hydrogens is 130 g/mol. The average Bonchev–Trinajstić information content (AvgIpc) is 2.21. The van der Waals surface area contributed by atoms with Crippen molar-refractivity contribution in [2.75, 3.05) is 0 Å². The predicted molar refractivity (Wildman–Crippen MR) is 34.3 cm³/mol. The molecule has 1 aliphatic heterocycles. The van der Waals surface area contributed by atoms with Crippen LogP contribution in [-0.4, -0.2) is 17.7 Å². The van der Waals surface area contributed by atoms with E-state index < -0.39 is 0 Å². The molecule has 0 radical (unpaired) electrons. The van der Waals surface area contributed by atoms with Crippen molar-refractivity contribution in [1.29, 1.82) is 0 Å². The number of ketones is 1. The maximum absolute atomic E-state index is 11.0. The van der Waals surface area contributed by atoms with Crippen LogP contribution in [0.2, 0.25) is 0 Å². The van der Waals surface area contributed by atoms with Crippen LogP contribution in [0.25, 0.3) is 0 Å². The Kier molecular flexibility index (Phi) is 1.07. The van der Waals surface area contributed by atoms with Crippen LogP contribution in [0.15, 0.2) is 0 Å². The minimum atomic E-state index is -0.133. The second-order valence-corrected chi connectivity index (χ2v) is 3.00. The van der Waals surface area contributed by atoms with E-state index in [0.29, 0.717) is 6.42 Å². The van der Waals surface area contributed by atoms with E-state index in [4.69, 9.17) is 0 Å². The molecule has 1 heterocycles. The highest BCUT2D eigenvalue weighted by atomic mass is 16.2. The van der Waals surface area contributed by atoms with E-state index in [0.717, 1.165) is 12.8 Å². The van der Waals surface area contributed by atoms with E-state index in [1.165, 1.54) is 0 Å². The largest absolute Gasteiger partial charge is 0.346 e. The number of nitrogens with one attached hydrogen (secondary N) is 1. The van der Waals surface area contributed by atoms with E-state index in [1.807, 2.05) is 0 Å². The molecular formula is C7H9NO2. The normalized spacial score (nSPS) is 38.0. The van der Waals surface area contributed by atoms with Gasteiger partial charge in [-0.1, -0.05) is 0 Å². The lowest BCUT2D eigenvalue weighted by Crippen LogP contribution is -2.32. The van der Waals surface area contributed by atoms with Crippen LogP contribution in [0.1, 0.15) is 19.3 Å². The Hall–Kier alpha value is -0.860. The van der Waals surface area contributed by atoms with Crippen LogP contribution in [-0.2, 0) is 9.59 Å². The van der Waals surface area contributed by atoms with E-state index in [1.54, 1.807) is 0 Å². The minimum absolute atomic E-state index is 0.0795. The van der Waals surface area contributed by atoms with Crippen molar-refractivity contribution in [2.45, 2.75) is 25.3 Å². The first-order valence-electron chi connectivity index (χ1n) is 3.60. The van der Waals surface area contributed by atoms with Gasteiger partial charge in [0.2, 0.25) is 5.91 Å². The summed E-state index contributed by atoms with van der Waals surface area (Å²) in [7, 11) is 0. The Bertz CT molecular complexity index is 198. The van der Waals surface area contributed by atoms with Crippen molar-refractivity contribution < 1.29 is 9.59 Å². The van der Waals surface area contributed by atoms with Crippen LogP contribution in [0, 0.1) is 5.92 Å². The van der Waals surface area contributed by atoms with Gasteiger partial charge in [-0.3, -0.25) is 9.59 Å². The molecule has 1 saturated carbocycles. The molecule has 1 N–H and O–H groups in total. The molecule has 1 aliphatic carbocycles. The fraction of sp³-hybridized carbons (Fsp3) is 0.714.